The zero-order valence-corrected chi connectivity index (χ0v) is 18.0. The lowest BCUT2D eigenvalue weighted by atomic mass is 9.99. The van der Waals surface area contributed by atoms with Gasteiger partial charge in [0, 0.05) is 39.3 Å². The van der Waals surface area contributed by atoms with E-state index in [4.69, 9.17) is 25.7 Å². The minimum atomic E-state index is -0.501. The molecule has 0 saturated heterocycles. The van der Waals surface area contributed by atoms with Crippen molar-refractivity contribution in [3.63, 3.8) is 0 Å². The Labute approximate surface area is 179 Å². The minimum Gasteiger partial charge on any atom is -0.460 e. The normalized spacial score (nSPS) is 11.4. The summed E-state index contributed by atoms with van der Waals surface area (Å²) in [4.78, 5) is 21.7. The topological polar surface area (TPSA) is 77.2 Å². The van der Waals surface area contributed by atoms with Crippen LogP contribution in [0.15, 0.2) is 40.9 Å². The molecule has 0 radical (unpaired) electrons. The van der Waals surface area contributed by atoms with Gasteiger partial charge in [-0.1, -0.05) is 29.8 Å². The van der Waals surface area contributed by atoms with E-state index >= 15 is 0 Å². The minimum absolute atomic E-state index is 0.171. The molecule has 0 saturated carbocycles. The summed E-state index contributed by atoms with van der Waals surface area (Å²) in [6, 6.07) is 9.64. The van der Waals surface area contributed by atoms with E-state index in [9.17, 15) is 4.79 Å². The van der Waals surface area contributed by atoms with Crippen LogP contribution < -0.4 is 5.32 Å². The number of halogens is 1. The van der Waals surface area contributed by atoms with E-state index in [1.54, 1.807) is 13.1 Å². The fourth-order valence-electron chi connectivity index (χ4n) is 3.51. The van der Waals surface area contributed by atoms with Gasteiger partial charge in [-0.3, -0.25) is 0 Å². The van der Waals surface area contributed by atoms with E-state index in [-0.39, 0.29) is 18.4 Å². The highest BCUT2D eigenvalue weighted by atomic mass is 35.5. The quantitative estimate of drug-likeness (QED) is 0.396. The summed E-state index contributed by atoms with van der Waals surface area (Å²) in [5.41, 5.74) is 3.51. The summed E-state index contributed by atoms with van der Waals surface area (Å²) in [6.07, 6.45) is 1.77. The van der Waals surface area contributed by atoms with Crippen LogP contribution in [0.1, 0.15) is 36.9 Å². The number of carbonyl (C=O) groups is 1. The first-order chi connectivity index (χ1) is 14.4. The Hall–Kier alpha value is -3.12. The van der Waals surface area contributed by atoms with Crippen molar-refractivity contribution < 1.29 is 13.9 Å². The third-order valence-electron chi connectivity index (χ3n) is 4.79. The van der Waals surface area contributed by atoms with Gasteiger partial charge in [-0.2, -0.15) is 0 Å². The summed E-state index contributed by atoms with van der Waals surface area (Å²) in [5.74, 6) is 0.186. The van der Waals surface area contributed by atoms with E-state index in [1.165, 1.54) is 0 Å². The molecule has 4 aromatic rings. The highest BCUT2D eigenvalue weighted by molar-refractivity contribution is 6.34. The molecule has 0 aliphatic carbocycles. The number of aromatic nitrogens is 2. The van der Waals surface area contributed by atoms with E-state index in [1.807, 2.05) is 51.1 Å². The molecule has 2 aromatic heterocycles. The second kappa shape index (κ2) is 7.95. The fourth-order valence-corrected chi connectivity index (χ4v) is 3.74. The van der Waals surface area contributed by atoms with Crippen molar-refractivity contribution in [3.8, 4) is 11.1 Å². The first-order valence-corrected chi connectivity index (χ1v) is 10.2. The number of hydrogen-bond acceptors (Lipinski definition) is 6. The summed E-state index contributed by atoms with van der Waals surface area (Å²) in [5, 5.41) is 5.38. The molecule has 7 heteroatoms. The molecular formula is C23H22ClN3O3. The third kappa shape index (κ3) is 3.48. The number of carbonyl (C=O) groups excluding carboxylic acids is 1. The smallest absolute Gasteiger partial charge is 0.374 e. The standard InChI is InChI=1S/C23H22ClN3O3/c1-5-29-22(28)20-13(4)18-19-14(11-25-23(27-19)26-12(2)3)10-16(21(18)30-20)15-8-6-7-9-17(15)24/h6-12H,5H2,1-4H3,(H,25,26,27). The lowest BCUT2D eigenvalue weighted by molar-refractivity contribution is 0.0491. The number of benzene rings is 2. The van der Waals surface area contributed by atoms with E-state index < -0.39 is 5.97 Å². The summed E-state index contributed by atoms with van der Waals surface area (Å²) in [7, 11) is 0. The second-order valence-electron chi connectivity index (χ2n) is 7.32. The number of rotatable bonds is 5. The van der Waals surface area contributed by atoms with Crippen molar-refractivity contribution in [1.29, 1.82) is 0 Å². The Morgan fingerprint density at radius 3 is 2.73 bits per heavy atom. The van der Waals surface area contributed by atoms with Crippen molar-refractivity contribution >= 4 is 45.4 Å². The summed E-state index contributed by atoms with van der Waals surface area (Å²) >= 11 is 6.48. The number of furan rings is 1. The maximum atomic E-state index is 12.5. The zero-order chi connectivity index (χ0) is 21.4. The third-order valence-corrected chi connectivity index (χ3v) is 5.12. The number of hydrogen-bond donors (Lipinski definition) is 1. The molecule has 0 aliphatic heterocycles. The fraction of sp³-hybridized carbons (Fsp3) is 0.261. The molecule has 6 nitrogen and oxygen atoms in total. The Balaban J connectivity index is 2.08. The Morgan fingerprint density at radius 2 is 2.03 bits per heavy atom. The molecule has 0 spiro atoms. The number of anilines is 1. The number of ether oxygens (including phenoxy) is 1. The van der Waals surface area contributed by atoms with Crippen molar-refractivity contribution in [2.75, 3.05) is 11.9 Å². The van der Waals surface area contributed by atoms with Crippen LogP contribution in [-0.2, 0) is 4.74 Å². The van der Waals surface area contributed by atoms with E-state index in [0.717, 1.165) is 21.9 Å². The highest BCUT2D eigenvalue weighted by Gasteiger charge is 2.24. The molecule has 0 amide bonds. The lowest BCUT2D eigenvalue weighted by Crippen LogP contribution is -2.12. The predicted octanol–water partition coefficient (Wildman–Crippen LogP) is 6.00. The van der Waals surface area contributed by atoms with Gasteiger partial charge >= 0.3 is 5.97 Å². The second-order valence-corrected chi connectivity index (χ2v) is 7.72. The zero-order valence-electron chi connectivity index (χ0n) is 17.2. The average molecular weight is 424 g/mol. The van der Waals surface area contributed by atoms with Crippen LogP contribution in [0.3, 0.4) is 0 Å². The van der Waals surface area contributed by atoms with Gasteiger partial charge in [0.2, 0.25) is 11.7 Å². The van der Waals surface area contributed by atoms with Gasteiger partial charge in [-0.15, -0.1) is 0 Å². The molecule has 2 aromatic carbocycles. The first kappa shape index (κ1) is 20.2. The maximum Gasteiger partial charge on any atom is 0.374 e. The van der Waals surface area contributed by atoms with Gasteiger partial charge in [0.1, 0.15) is 5.58 Å². The number of esters is 1. The Kier molecular flexibility index (Phi) is 5.35. The van der Waals surface area contributed by atoms with E-state index in [0.29, 0.717) is 27.6 Å². The maximum absolute atomic E-state index is 12.5. The molecule has 2 heterocycles. The average Bonchev–Trinajstić information content (AvgIpc) is 3.06. The Morgan fingerprint density at radius 1 is 1.27 bits per heavy atom. The largest absolute Gasteiger partial charge is 0.460 e. The van der Waals surface area contributed by atoms with Crippen LogP contribution in [-0.4, -0.2) is 28.6 Å². The van der Waals surface area contributed by atoms with Crippen molar-refractivity contribution in [2.45, 2.75) is 33.7 Å². The molecule has 4 rings (SSSR count). The van der Waals surface area contributed by atoms with Crippen molar-refractivity contribution in [3.05, 3.63) is 52.9 Å². The van der Waals surface area contributed by atoms with Crippen LogP contribution in [0.4, 0.5) is 5.95 Å². The Bertz CT molecular complexity index is 1260. The molecule has 154 valence electrons. The summed E-state index contributed by atoms with van der Waals surface area (Å²) < 4.78 is 11.3. The van der Waals surface area contributed by atoms with E-state index in [2.05, 4.69) is 10.3 Å². The lowest BCUT2D eigenvalue weighted by Gasteiger charge is -2.11. The van der Waals surface area contributed by atoms with Crippen LogP contribution in [0, 0.1) is 6.92 Å². The van der Waals surface area contributed by atoms with Gasteiger partial charge in [0.15, 0.2) is 0 Å². The van der Waals surface area contributed by atoms with Gasteiger partial charge in [-0.05, 0) is 39.8 Å². The molecule has 0 unspecified atom stereocenters. The van der Waals surface area contributed by atoms with Crippen LogP contribution in [0.25, 0.3) is 33.0 Å². The molecule has 0 fully saturated rings. The highest BCUT2D eigenvalue weighted by Crippen LogP contribution is 2.41. The number of nitrogens with zero attached hydrogens (tertiary/aromatic N) is 2. The monoisotopic (exact) mass is 423 g/mol. The number of nitrogens with one attached hydrogen (secondary N) is 1. The van der Waals surface area contributed by atoms with Crippen LogP contribution >= 0.6 is 11.6 Å². The van der Waals surface area contributed by atoms with Gasteiger partial charge < -0.3 is 14.5 Å². The molecule has 1 N–H and O–H groups in total. The van der Waals surface area contributed by atoms with Crippen LogP contribution in [0.5, 0.6) is 0 Å². The SMILES string of the molecule is CCOC(=O)c1oc2c(-c3ccccc3Cl)cc3cnc(NC(C)C)nc3c2c1C. The number of fused-ring (bicyclic) bond motifs is 3. The molecule has 0 atom stereocenters. The number of aryl methyl sites for hydroxylation is 1. The molecule has 0 bridgehead atoms. The molecule has 30 heavy (non-hydrogen) atoms. The molecule has 0 aliphatic rings. The van der Waals surface area contributed by atoms with Crippen LogP contribution in [0.2, 0.25) is 5.02 Å². The van der Waals surface area contributed by atoms with Gasteiger partial charge in [0.25, 0.3) is 0 Å². The molecular weight excluding hydrogens is 402 g/mol. The van der Waals surface area contributed by atoms with Crippen molar-refractivity contribution in [1.82, 2.24) is 9.97 Å². The van der Waals surface area contributed by atoms with Gasteiger partial charge in [-0.25, -0.2) is 14.8 Å². The van der Waals surface area contributed by atoms with Crippen molar-refractivity contribution in [2.24, 2.45) is 0 Å². The van der Waals surface area contributed by atoms with Gasteiger partial charge in [0.05, 0.1) is 17.5 Å². The first-order valence-electron chi connectivity index (χ1n) is 9.82. The summed E-state index contributed by atoms with van der Waals surface area (Å²) in [6.45, 7) is 7.90. The predicted molar refractivity (Wildman–Crippen MR) is 119 cm³/mol.